The van der Waals surface area contributed by atoms with Crippen LogP contribution in [0.5, 0.6) is 0 Å². The molecule has 0 atom stereocenters. The van der Waals surface area contributed by atoms with Crippen molar-refractivity contribution in [2.45, 2.75) is 45.8 Å². The van der Waals surface area contributed by atoms with Crippen LogP contribution in [-0.4, -0.2) is 41.8 Å². The highest BCUT2D eigenvalue weighted by Crippen LogP contribution is 2.38. The standard InChI is InChI=1S/C18H23BBrNO5/c1-11(22)21-10-13(19-25-17(2,3)18(4,5)26-19)8-12-6-7-14(20)9-15(12)16(23)24/h6-9H,10H2,1-5H3,(H,21,22)(H,23,24). The van der Waals surface area contributed by atoms with E-state index in [4.69, 9.17) is 9.31 Å². The third kappa shape index (κ3) is 4.55. The van der Waals surface area contributed by atoms with E-state index in [2.05, 4.69) is 21.2 Å². The predicted octanol–water partition coefficient (Wildman–Crippen LogP) is 3.30. The van der Waals surface area contributed by atoms with Gasteiger partial charge in [0.25, 0.3) is 0 Å². The monoisotopic (exact) mass is 423 g/mol. The molecule has 0 bridgehead atoms. The molecule has 140 valence electrons. The van der Waals surface area contributed by atoms with Gasteiger partial charge in [-0.15, -0.1) is 0 Å². The number of aromatic carboxylic acids is 1. The molecule has 0 saturated carbocycles. The highest BCUT2D eigenvalue weighted by atomic mass is 79.9. The van der Waals surface area contributed by atoms with Gasteiger partial charge in [-0.05, 0) is 50.9 Å². The van der Waals surface area contributed by atoms with Crippen LogP contribution in [0.15, 0.2) is 28.1 Å². The number of hydrogen-bond acceptors (Lipinski definition) is 4. The van der Waals surface area contributed by atoms with Crippen molar-refractivity contribution in [3.05, 3.63) is 39.3 Å². The minimum Gasteiger partial charge on any atom is -0.478 e. The topological polar surface area (TPSA) is 84.9 Å². The minimum absolute atomic E-state index is 0.149. The first-order valence-corrected chi connectivity index (χ1v) is 9.05. The Bertz CT molecular complexity index is 744. The molecule has 0 radical (unpaired) electrons. The fourth-order valence-corrected chi connectivity index (χ4v) is 2.82. The molecule has 6 nitrogen and oxygen atoms in total. The van der Waals surface area contributed by atoms with Crippen LogP contribution < -0.4 is 5.32 Å². The zero-order chi connectivity index (χ0) is 19.7. The Hall–Kier alpha value is -1.64. The molecule has 0 aromatic heterocycles. The Labute approximate surface area is 162 Å². The van der Waals surface area contributed by atoms with Crippen LogP contribution in [0.4, 0.5) is 0 Å². The van der Waals surface area contributed by atoms with Gasteiger partial charge in [0, 0.05) is 17.9 Å². The van der Waals surface area contributed by atoms with Crippen LogP contribution in [0, 0.1) is 0 Å². The SMILES string of the molecule is CC(=O)NCC(=Cc1ccc(Br)cc1C(=O)O)B1OC(C)(C)C(C)(C)O1. The second-order valence-corrected chi connectivity index (χ2v) is 8.17. The number of benzene rings is 1. The Balaban J connectivity index is 2.45. The average molecular weight is 424 g/mol. The lowest BCUT2D eigenvalue weighted by molar-refractivity contribution is -0.118. The highest BCUT2D eigenvalue weighted by Gasteiger charge is 2.52. The quantitative estimate of drug-likeness (QED) is 0.709. The maximum Gasteiger partial charge on any atom is 0.492 e. The molecule has 0 unspecified atom stereocenters. The maximum atomic E-state index is 11.6. The largest absolute Gasteiger partial charge is 0.492 e. The molecule has 1 amide bonds. The molecule has 2 rings (SSSR count). The zero-order valence-electron chi connectivity index (χ0n) is 15.6. The van der Waals surface area contributed by atoms with Crippen molar-refractivity contribution in [1.82, 2.24) is 5.32 Å². The zero-order valence-corrected chi connectivity index (χ0v) is 17.1. The summed E-state index contributed by atoms with van der Waals surface area (Å²) >= 11 is 3.29. The molecule has 1 aliphatic heterocycles. The lowest BCUT2D eigenvalue weighted by Gasteiger charge is -2.32. The average Bonchev–Trinajstić information content (AvgIpc) is 2.72. The third-order valence-corrected chi connectivity index (χ3v) is 5.18. The van der Waals surface area contributed by atoms with Gasteiger partial charge in [0.1, 0.15) is 0 Å². The van der Waals surface area contributed by atoms with Crippen molar-refractivity contribution in [2.75, 3.05) is 6.54 Å². The van der Waals surface area contributed by atoms with E-state index in [1.165, 1.54) is 13.0 Å². The molecular weight excluding hydrogens is 401 g/mol. The summed E-state index contributed by atoms with van der Waals surface area (Å²) in [4.78, 5) is 22.9. The molecule has 1 aliphatic rings. The van der Waals surface area contributed by atoms with Crippen LogP contribution in [0.3, 0.4) is 0 Å². The molecule has 1 heterocycles. The Morgan fingerprint density at radius 2 is 1.81 bits per heavy atom. The van der Waals surface area contributed by atoms with Crippen molar-refractivity contribution in [3.63, 3.8) is 0 Å². The number of carboxylic acids is 1. The van der Waals surface area contributed by atoms with Crippen LogP contribution >= 0.6 is 15.9 Å². The number of halogens is 1. The van der Waals surface area contributed by atoms with Crippen molar-refractivity contribution in [1.29, 1.82) is 0 Å². The van der Waals surface area contributed by atoms with E-state index in [-0.39, 0.29) is 18.0 Å². The van der Waals surface area contributed by atoms with Gasteiger partial charge >= 0.3 is 13.1 Å². The van der Waals surface area contributed by atoms with Crippen LogP contribution in [0.25, 0.3) is 6.08 Å². The number of carboxylic acid groups (broad SMARTS) is 1. The molecular formula is C18H23BBrNO5. The summed E-state index contributed by atoms with van der Waals surface area (Å²) in [6.07, 6.45) is 1.70. The van der Waals surface area contributed by atoms with Gasteiger partial charge in [0.2, 0.25) is 5.91 Å². The molecule has 1 fully saturated rings. The van der Waals surface area contributed by atoms with Crippen LogP contribution in [0.2, 0.25) is 0 Å². The number of nitrogens with one attached hydrogen (secondary N) is 1. The van der Waals surface area contributed by atoms with E-state index in [0.717, 1.165) is 0 Å². The Morgan fingerprint density at radius 1 is 1.23 bits per heavy atom. The molecule has 2 N–H and O–H groups in total. The van der Waals surface area contributed by atoms with Crippen LogP contribution in [0.1, 0.15) is 50.5 Å². The van der Waals surface area contributed by atoms with Crippen molar-refractivity contribution in [2.24, 2.45) is 0 Å². The summed E-state index contributed by atoms with van der Waals surface area (Å²) in [6, 6.07) is 5.00. The molecule has 1 saturated heterocycles. The van der Waals surface area contributed by atoms with Gasteiger partial charge in [0.05, 0.1) is 16.8 Å². The molecule has 1 aromatic carbocycles. The van der Waals surface area contributed by atoms with E-state index in [0.29, 0.717) is 15.5 Å². The molecule has 0 aliphatic carbocycles. The number of carbonyl (C=O) groups is 2. The van der Waals surface area contributed by atoms with E-state index in [1.54, 1.807) is 18.2 Å². The number of hydrogen-bond donors (Lipinski definition) is 2. The van der Waals surface area contributed by atoms with Gasteiger partial charge in [-0.3, -0.25) is 4.79 Å². The summed E-state index contributed by atoms with van der Waals surface area (Å²) in [5.74, 6) is -1.23. The van der Waals surface area contributed by atoms with Crippen molar-refractivity contribution in [3.8, 4) is 0 Å². The first-order valence-electron chi connectivity index (χ1n) is 8.26. The summed E-state index contributed by atoms with van der Waals surface area (Å²) < 4.78 is 12.8. The lowest BCUT2D eigenvalue weighted by atomic mass is 9.76. The first kappa shape index (κ1) is 20.7. The minimum atomic E-state index is -1.04. The van der Waals surface area contributed by atoms with Gasteiger partial charge in [-0.25, -0.2) is 4.79 Å². The van der Waals surface area contributed by atoms with E-state index in [9.17, 15) is 14.7 Å². The molecule has 1 aromatic rings. The van der Waals surface area contributed by atoms with Gasteiger partial charge in [-0.1, -0.05) is 28.1 Å². The molecule has 26 heavy (non-hydrogen) atoms. The van der Waals surface area contributed by atoms with Crippen molar-refractivity contribution >= 4 is 41.0 Å². The second kappa shape index (κ2) is 7.54. The van der Waals surface area contributed by atoms with Crippen molar-refractivity contribution < 1.29 is 24.0 Å². The normalized spacial score (nSPS) is 18.7. The molecule has 8 heteroatoms. The fraction of sp³-hybridized carbons (Fsp3) is 0.444. The highest BCUT2D eigenvalue weighted by molar-refractivity contribution is 9.10. The lowest BCUT2D eigenvalue weighted by Crippen LogP contribution is -2.41. The number of amides is 1. The summed E-state index contributed by atoms with van der Waals surface area (Å²) in [6.45, 7) is 9.36. The van der Waals surface area contributed by atoms with E-state index < -0.39 is 24.3 Å². The smallest absolute Gasteiger partial charge is 0.478 e. The van der Waals surface area contributed by atoms with E-state index in [1.807, 2.05) is 27.7 Å². The summed E-state index contributed by atoms with van der Waals surface area (Å²) in [7, 11) is -0.683. The first-order chi connectivity index (χ1) is 11.9. The van der Waals surface area contributed by atoms with Gasteiger partial charge in [0.15, 0.2) is 0 Å². The summed E-state index contributed by atoms with van der Waals surface area (Å²) in [5.41, 5.74) is 0.223. The fourth-order valence-electron chi connectivity index (χ4n) is 2.46. The molecule has 0 spiro atoms. The predicted molar refractivity (Wildman–Crippen MR) is 104 cm³/mol. The summed E-state index contributed by atoms with van der Waals surface area (Å²) in [5, 5.41) is 12.2. The third-order valence-electron chi connectivity index (χ3n) is 4.68. The maximum absolute atomic E-state index is 11.6. The number of rotatable bonds is 5. The van der Waals surface area contributed by atoms with Gasteiger partial charge in [-0.2, -0.15) is 0 Å². The van der Waals surface area contributed by atoms with Crippen LogP contribution in [-0.2, 0) is 14.1 Å². The second-order valence-electron chi connectivity index (χ2n) is 7.25. The number of carbonyl (C=O) groups excluding carboxylic acids is 1. The Morgan fingerprint density at radius 3 is 2.31 bits per heavy atom. The Kier molecular flexibility index (Phi) is 6.00. The van der Waals surface area contributed by atoms with Gasteiger partial charge < -0.3 is 19.7 Å². The van der Waals surface area contributed by atoms with E-state index >= 15 is 0 Å².